The summed E-state index contributed by atoms with van der Waals surface area (Å²) in [5.41, 5.74) is 0. The lowest BCUT2D eigenvalue weighted by Crippen LogP contribution is -2.25. The Bertz CT molecular complexity index is 276. The molecule has 2 atom stereocenters. The molecule has 5 heteroatoms. The fraction of sp³-hybridized carbons (Fsp3) is 0.667. The van der Waals surface area contributed by atoms with E-state index < -0.39 is 0 Å². The first-order valence-electron chi connectivity index (χ1n) is 4.80. The van der Waals surface area contributed by atoms with E-state index in [9.17, 15) is 5.11 Å². The normalized spacial score (nSPS) is 28.4. The van der Waals surface area contributed by atoms with E-state index in [-0.39, 0.29) is 18.8 Å². The first kappa shape index (κ1) is 9.64. The molecule has 0 radical (unpaired) electrons. The van der Waals surface area contributed by atoms with Crippen molar-refractivity contribution in [2.75, 3.05) is 26.2 Å². The predicted octanol–water partition coefficient (Wildman–Crippen LogP) is -0.907. The number of rotatable bonds is 3. The minimum absolute atomic E-state index is 0.0732. The zero-order chi connectivity index (χ0) is 9.97. The van der Waals surface area contributed by atoms with Crippen LogP contribution in [0.4, 0.5) is 0 Å². The Morgan fingerprint density at radius 2 is 2.29 bits per heavy atom. The van der Waals surface area contributed by atoms with Gasteiger partial charge >= 0.3 is 0 Å². The summed E-state index contributed by atoms with van der Waals surface area (Å²) in [6.45, 7) is 2.17. The Labute approximate surface area is 82.6 Å². The van der Waals surface area contributed by atoms with Crippen LogP contribution in [0.15, 0.2) is 18.7 Å². The van der Waals surface area contributed by atoms with Crippen LogP contribution in [0, 0.1) is 0 Å². The number of aliphatic hydroxyl groups excluding tert-OH is 2. The Hall–Kier alpha value is -0.910. The Kier molecular flexibility index (Phi) is 2.81. The second kappa shape index (κ2) is 4.08. The Morgan fingerprint density at radius 3 is 2.93 bits per heavy atom. The van der Waals surface area contributed by atoms with Crippen molar-refractivity contribution in [3.8, 4) is 0 Å². The minimum atomic E-state index is -0.365. The standard InChI is InChI=1S/C9H15N3O2/c13-4-3-11-5-8(9(14)6-11)12-2-1-10-7-12/h1-2,7-9,13-14H,3-6H2/t8-,9-/m1/s1. The van der Waals surface area contributed by atoms with Crippen molar-refractivity contribution >= 4 is 0 Å². The maximum Gasteiger partial charge on any atom is 0.0949 e. The average Bonchev–Trinajstić information content (AvgIpc) is 2.74. The molecule has 1 aromatic heterocycles. The summed E-state index contributed by atoms with van der Waals surface area (Å²) in [6, 6.07) is 0.0732. The molecule has 78 valence electrons. The third-order valence-corrected chi connectivity index (χ3v) is 2.66. The van der Waals surface area contributed by atoms with Crippen LogP contribution in [0.25, 0.3) is 0 Å². The number of aromatic nitrogens is 2. The molecule has 0 spiro atoms. The van der Waals surface area contributed by atoms with Crippen LogP contribution in [0.3, 0.4) is 0 Å². The molecule has 2 heterocycles. The van der Waals surface area contributed by atoms with Gasteiger partial charge in [-0.2, -0.15) is 0 Å². The van der Waals surface area contributed by atoms with Gasteiger partial charge in [0, 0.05) is 32.0 Å². The zero-order valence-electron chi connectivity index (χ0n) is 7.95. The highest BCUT2D eigenvalue weighted by Crippen LogP contribution is 2.21. The molecular formula is C9H15N3O2. The molecule has 1 fully saturated rings. The van der Waals surface area contributed by atoms with Gasteiger partial charge in [-0.3, -0.25) is 4.90 Å². The van der Waals surface area contributed by atoms with Crippen LogP contribution in [0.1, 0.15) is 6.04 Å². The van der Waals surface area contributed by atoms with Crippen molar-refractivity contribution in [2.45, 2.75) is 12.1 Å². The summed E-state index contributed by atoms with van der Waals surface area (Å²) in [7, 11) is 0. The van der Waals surface area contributed by atoms with Gasteiger partial charge in [0.15, 0.2) is 0 Å². The highest BCUT2D eigenvalue weighted by molar-refractivity contribution is 4.91. The average molecular weight is 197 g/mol. The molecule has 14 heavy (non-hydrogen) atoms. The number of imidazole rings is 1. The van der Waals surface area contributed by atoms with Gasteiger partial charge in [0.1, 0.15) is 0 Å². The molecule has 2 N–H and O–H groups in total. The number of hydrogen-bond acceptors (Lipinski definition) is 4. The Morgan fingerprint density at radius 1 is 1.43 bits per heavy atom. The third kappa shape index (κ3) is 1.79. The number of β-amino-alcohol motifs (C(OH)–C–C–N with tert-alkyl or cyclic N) is 2. The van der Waals surface area contributed by atoms with E-state index in [1.54, 1.807) is 12.5 Å². The molecule has 0 aliphatic carbocycles. The molecule has 0 aromatic carbocycles. The van der Waals surface area contributed by atoms with Gasteiger partial charge in [-0.1, -0.05) is 0 Å². The summed E-state index contributed by atoms with van der Waals surface area (Å²) in [6.07, 6.45) is 4.92. The van der Waals surface area contributed by atoms with E-state index in [1.807, 2.05) is 10.8 Å². The molecule has 1 aliphatic heterocycles. The van der Waals surface area contributed by atoms with Crippen molar-refractivity contribution in [2.24, 2.45) is 0 Å². The van der Waals surface area contributed by atoms with Crippen molar-refractivity contribution < 1.29 is 10.2 Å². The van der Waals surface area contributed by atoms with Gasteiger partial charge in [0.2, 0.25) is 0 Å². The van der Waals surface area contributed by atoms with Crippen LogP contribution in [-0.2, 0) is 0 Å². The fourth-order valence-corrected chi connectivity index (χ4v) is 1.93. The summed E-state index contributed by atoms with van der Waals surface area (Å²) < 4.78 is 1.92. The maximum atomic E-state index is 9.79. The summed E-state index contributed by atoms with van der Waals surface area (Å²) in [4.78, 5) is 6.01. The molecule has 0 unspecified atom stereocenters. The molecule has 2 rings (SSSR count). The number of aliphatic hydroxyl groups is 2. The molecule has 0 saturated carbocycles. The second-order valence-corrected chi connectivity index (χ2v) is 3.63. The predicted molar refractivity (Wildman–Crippen MR) is 50.8 cm³/mol. The van der Waals surface area contributed by atoms with E-state index in [1.165, 1.54) is 0 Å². The highest BCUT2D eigenvalue weighted by atomic mass is 16.3. The van der Waals surface area contributed by atoms with Gasteiger partial charge in [0.05, 0.1) is 25.1 Å². The van der Waals surface area contributed by atoms with Gasteiger partial charge in [-0.15, -0.1) is 0 Å². The number of hydrogen-bond donors (Lipinski definition) is 2. The lowest BCUT2D eigenvalue weighted by atomic mass is 10.2. The van der Waals surface area contributed by atoms with Crippen LogP contribution in [0.2, 0.25) is 0 Å². The zero-order valence-corrected chi connectivity index (χ0v) is 7.95. The smallest absolute Gasteiger partial charge is 0.0949 e. The van der Waals surface area contributed by atoms with Crippen LogP contribution < -0.4 is 0 Å². The first-order chi connectivity index (χ1) is 6.81. The van der Waals surface area contributed by atoms with Crippen molar-refractivity contribution in [1.82, 2.24) is 14.5 Å². The number of likely N-dealkylation sites (tertiary alicyclic amines) is 1. The maximum absolute atomic E-state index is 9.79. The summed E-state index contributed by atoms with van der Waals surface area (Å²) in [5.74, 6) is 0. The van der Waals surface area contributed by atoms with Gasteiger partial charge in [0.25, 0.3) is 0 Å². The van der Waals surface area contributed by atoms with Gasteiger partial charge in [-0.25, -0.2) is 4.98 Å². The quantitative estimate of drug-likeness (QED) is 0.659. The third-order valence-electron chi connectivity index (χ3n) is 2.66. The molecule has 1 saturated heterocycles. The second-order valence-electron chi connectivity index (χ2n) is 3.63. The Balaban J connectivity index is 2.01. The summed E-state index contributed by atoms with van der Waals surface area (Å²) in [5, 5.41) is 18.6. The topological polar surface area (TPSA) is 61.5 Å². The van der Waals surface area contributed by atoms with Crippen molar-refractivity contribution in [3.05, 3.63) is 18.7 Å². The molecule has 1 aromatic rings. The fourth-order valence-electron chi connectivity index (χ4n) is 1.93. The molecule has 0 bridgehead atoms. The van der Waals surface area contributed by atoms with E-state index >= 15 is 0 Å². The molecule has 0 amide bonds. The van der Waals surface area contributed by atoms with Crippen molar-refractivity contribution in [1.29, 1.82) is 0 Å². The SMILES string of the molecule is OCCN1C[C@@H](O)[C@H](n2ccnc2)C1. The first-order valence-corrected chi connectivity index (χ1v) is 4.80. The van der Waals surface area contributed by atoms with E-state index in [0.29, 0.717) is 13.1 Å². The van der Waals surface area contributed by atoms with Crippen molar-refractivity contribution in [3.63, 3.8) is 0 Å². The van der Waals surface area contributed by atoms with Crippen LogP contribution in [-0.4, -0.2) is 57.0 Å². The molecule has 1 aliphatic rings. The minimum Gasteiger partial charge on any atom is -0.395 e. The lowest BCUT2D eigenvalue weighted by molar-refractivity contribution is 0.141. The van der Waals surface area contributed by atoms with Crippen LogP contribution in [0.5, 0.6) is 0 Å². The summed E-state index contributed by atoms with van der Waals surface area (Å²) >= 11 is 0. The van der Waals surface area contributed by atoms with E-state index in [4.69, 9.17) is 5.11 Å². The highest BCUT2D eigenvalue weighted by Gasteiger charge is 2.31. The van der Waals surface area contributed by atoms with E-state index in [2.05, 4.69) is 9.88 Å². The monoisotopic (exact) mass is 197 g/mol. The molecular weight excluding hydrogens is 182 g/mol. The van der Waals surface area contributed by atoms with E-state index in [0.717, 1.165) is 6.54 Å². The lowest BCUT2D eigenvalue weighted by Gasteiger charge is -2.15. The van der Waals surface area contributed by atoms with Crippen LogP contribution >= 0.6 is 0 Å². The molecule has 5 nitrogen and oxygen atoms in total. The van der Waals surface area contributed by atoms with Gasteiger partial charge in [-0.05, 0) is 0 Å². The number of nitrogens with zero attached hydrogens (tertiary/aromatic N) is 3. The van der Waals surface area contributed by atoms with Gasteiger partial charge < -0.3 is 14.8 Å². The largest absolute Gasteiger partial charge is 0.395 e.